The molecule has 0 atom stereocenters. The predicted molar refractivity (Wildman–Crippen MR) is 218 cm³/mol. The maximum Gasteiger partial charge on any atom is 0.338 e. The van der Waals surface area contributed by atoms with Crippen LogP contribution in [0.4, 0.5) is 0 Å². The minimum atomic E-state index is -0.451. The third-order valence-electron chi connectivity index (χ3n) is 12.8. The van der Waals surface area contributed by atoms with Crippen molar-refractivity contribution in [1.29, 1.82) is 0 Å². The molecule has 10 heteroatoms. The highest BCUT2D eigenvalue weighted by molar-refractivity contribution is 5.95. The number of aromatic nitrogens is 4. The number of hydrogen-bond acceptors (Lipinski definition) is 4. The molecule has 0 saturated carbocycles. The number of rotatable bonds is 3. The van der Waals surface area contributed by atoms with Crippen molar-refractivity contribution in [1.82, 2.24) is 19.9 Å². The molecule has 5 aromatic rings. The van der Waals surface area contributed by atoms with E-state index < -0.39 is 22.8 Å². The standard InChI is InChI=1S/C40H46N4O4.C6H15N.ClH/c1-37(2)27-12-16-31(41-27)39(5)20-8-22-47-35(45)25-10-7-11-26(24-25)36(46)48-23-9-21-40(6,32-17-13-28(37)42-32)34-19-15-30(44-34)38(3,4)29-14-18-33(39)43-29;1-4-7(5-2)6-3;/h7,10-19,24,41-44H,8-9,20-23H2,1-6H3;4-6H2,1-3H3;1H. The fourth-order valence-corrected chi connectivity index (χ4v) is 8.32. The molecule has 9 nitrogen and oxygen atoms in total. The van der Waals surface area contributed by atoms with E-state index in [2.05, 4.69) is 131 Å². The molecular weight excluding hydrogens is 722 g/mol. The Labute approximate surface area is 339 Å². The van der Waals surface area contributed by atoms with Gasteiger partial charge in [0.05, 0.1) is 44.0 Å². The summed E-state index contributed by atoms with van der Waals surface area (Å²) in [4.78, 5) is 43.2. The van der Waals surface area contributed by atoms with Gasteiger partial charge in [-0.3, -0.25) is 0 Å². The molecule has 5 N–H and O–H groups in total. The molecule has 0 aliphatic carbocycles. The van der Waals surface area contributed by atoms with E-state index in [9.17, 15) is 9.59 Å². The van der Waals surface area contributed by atoms with Crippen molar-refractivity contribution in [2.45, 2.75) is 110 Å². The average Bonchev–Trinajstić information content (AvgIpc) is 4.02. The van der Waals surface area contributed by atoms with Crippen LogP contribution >= 0.6 is 0 Å². The number of nitrogens with one attached hydrogen (secondary N) is 5. The summed E-state index contributed by atoms with van der Waals surface area (Å²) in [6.07, 6.45) is 2.73. The van der Waals surface area contributed by atoms with Crippen LogP contribution in [0.2, 0.25) is 0 Å². The molecule has 56 heavy (non-hydrogen) atoms. The monoisotopic (exact) mass is 783 g/mol. The van der Waals surface area contributed by atoms with Crippen molar-refractivity contribution in [2.24, 2.45) is 0 Å². The molecule has 0 unspecified atom stereocenters. The van der Waals surface area contributed by atoms with Crippen LogP contribution in [0.1, 0.15) is 154 Å². The van der Waals surface area contributed by atoms with Gasteiger partial charge in [0.1, 0.15) is 0 Å². The fourth-order valence-electron chi connectivity index (χ4n) is 8.32. The van der Waals surface area contributed by atoms with Crippen molar-refractivity contribution < 1.29 is 36.4 Å². The number of aromatic amines is 4. The Hall–Kier alpha value is -4.47. The van der Waals surface area contributed by atoms with E-state index in [1.807, 2.05) is 0 Å². The van der Waals surface area contributed by atoms with Crippen LogP contribution in [-0.2, 0) is 31.1 Å². The molecule has 0 amide bonds. The fraction of sp³-hybridized carbons (Fsp3) is 0.478. The van der Waals surface area contributed by atoms with E-state index in [1.54, 1.807) is 29.2 Å². The second kappa shape index (κ2) is 16.9. The number of fused-ring (bicyclic) bond motifs is 8. The summed E-state index contributed by atoms with van der Waals surface area (Å²) < 4.78 is 11.5. The van der Waals surface area contributed by atoms with E-state index in [-0.39, 0.29) is 36.5 Å². The van der Waals surface area contributed by atoms with Crippen molar-refractivity contribution in [2.75, 3.05) is 32.8 Å². The van der Waals surface area contributed by atoms with E-state index in [0.29, 0.717) is 24.0 Å². The Kier molecular flexibility index (Phi) is 12.9. The smallest absolute Gasteiger partial charge is 0.338 e. The summed E-state index contributed by atoms with van der Waals surface area (Å²) >= 11 is 0. The third kappa shape index (κ3) is 8.16. The molecule has 0 saturated heterocycles. The minimum absolute atomic E-state index is 0. The first-order chi connectivity index (χ1) is 26.2. The van der Waals surface area contributed by atoms with Gasteiger partial charge in [-0.2, -0.15) is 0 Å². The van der Waals surface area contributed by atoms with E-state index in [0.717, 1.165) is 58.4 Å². The predicted octanol–water partition coefficient (Wildman–Crippen LogP) is 5.10. The third-order valence-corrected chi connectivity index (χ3v) is 12.8. The second-order valence-electron chi connectivity index (χ2n) is 16.9. The number of ether oxygens (including phenoxy) is 2. The largest absolute Gasteiger partial charge is 1.00 e. The van der Waals surface area contributed by atoms with Crippen molar-refractivity contribution in [3.8, 4) is 0 Å². The van der Waals surface area contributed by atoms with Gasteiger partial charge in [-0.25, -0.2) is 9.59 Å². The molecular formula is C46H62ClN5O4. The molecule has 302 valence electrons. The number of H-pyrrole nitrogens is 4. The molecule has 4 aromatic heterocycles. The summed E-state index contributed by atoms with van der Waals surface area (Å²) in [6, 6.07) is 24.2. The lowest BCUT2D eigenvalue weighted by molar-refractivity contribution is -0.894. The van der Waals surface area contributed by atoms with Crippen molar-refractivity contribution in [3.05, 3.63) is 129 Å². The van der Waals surface area contributed by atoms with Gasteiger partial charge in [0.25, 0.3) is 0 Å². The van der Waals surface area contributed by atoms with Crippen LogP contribution in [0.5, 0.6) is 0 Å². The molecule has 8 rings (SSSR count). The molecule has 3 aliphatic heterocycles. The maximum absolute atomic E-state index is 13.1. The van der Waals surface area contributed by atoms with Crippen LogP contribution in [0.25, 0.3) is 0 Å². The van der Waals surface area contributed by atoms with Crippen molar-refractivity contribution in [3.63, 3.8) is 0 Å². The molecule has 1 aromatic carbocycles. The zero-order chi connectivity index (χ0) is 39.6. The van der Waals surface area contributed by atoms with Crippen LogP contribution in [0.3, 0.4) is 0 Å². The quantitative estimate of drug-likeness (QED) is 0.164. The Bertz CT molecular complexity index is 1860. The number of quaternary nitrogens is 1. The van der Waals surface area contributed by atoms with Gasteiger partial charge in [-0.1, -0.05) is 6.07 Å². The molecule has 0 radical (unpaired) electrons. The first kappa shape index (κ1) is 42.7. The zero-order valence-electron chi connectivity index (χ0n) is 34.8. The molecule has 12 bridgehead atoms. The highest BCUT2D eigenvalue weighted by Gasteiger charge is 2.39. The summed E-state index contributed by atoms with van der Waals surface area (Å²) in [7, 11) is 0. The Morgan fingerprint density at radius 2 is 0.821 bits per heavy atom. The number of esters is 2. The van der Waals surface area contributed by atoms with E-state index in [1.165, 1.54) is 19.6 Å². The number of hydrogen-bond donors (Lipinski definition) is 5. The first-order valence-corrected chi connectivity index (χ1v) is 20.2. The average molecular weight is 784 g/mol. The number of carbonyl (C=O) groups is 2. The molecule has 0 fully saturated rings. The Morgan fingerprint density at radius 3 is 1.11 bits per heavy atom. The first-order valence-electron chi connectivity index (χ1n) is 20.2. The number of halogens is 1. The van der Waals surface area contributed by atoms with Crippen LogP contribution in [0.15, 0.2) is 72.8 Å². The molecule has 7 heterocycles. The highest BCUT2D eigenvalue weighted by atomic mass is 35.5. The molecule has 0 spiro atoms. The van der Waals surface area contributed by atoms with Gasteiger partial charge in [-0.05, 0) is 155 Å². The zero-order valence-corrected chi connectivity index (χ0v) is 35.6. The van der Waals surface area contributed by atoms with Crippen molar-refractivity contribution >= 4 is 11.9 Å². The van der Waals surface area contributed by atoms with E-state index >= 15 is 0 Å². The minimum Gasteiger partial charge on any atom is -1.00 e. The van der Waals surface area contributed by atoms with Gasteiger partial charge in [0.15, 0.2) is 0 Å². The number of carbonyl (C=O) groups excluding carboxylic acids is 2. The summed E-state index contributed by atoms with van der Waals surface area (Å²) in [5, 5.41) is 0. The highest BCUT2D eigenvalue weighted by Crippen LogP contribution is 2.43. The van der Waals surface area contributed by atoms with Gasteiger partial charge in [0.2, 0.25) is 0 Å². The van der Waals surface area contributed by atoms with Gasteiger partial charge in [0, 0.05) is 67.2 Å². The lowest BCUT2D eigenvalue weighted by atomic mass is 9.79. The van der Waals surface area contributed by atoms with Gasteiger partial charge < -0.3 is 46.7 Å². The lowest BCUT2D eigenvalue weighted by Gasteiger charge is -2.31. The Balaban J connectivity index is 0.000000687. The summed E-state index contributed by atoms with van der Waals surface area (Å²) in [6.45, 7) is 24.4. The second-order valence-corrected chi connectivity index (χ2v) is 16.9. The summed E-state index contributed by atoms with van der Waals surface area (Å²) in [5.74, 6) is -0.901. The maximum atomic E-state index is 13.1. The Morgan fingerprint density at radius 1 is 0.518 bits per heavy atom. The summed E-state index contributed by atoms with van der Waals surface area (Å²) in [5.41, 5.74) is 7.99. The van der Waals surface area contributed by atoms with Crippen LogP contribution in [0, 0.1) is 0 Å². The van der Waals surface area contributed by atoms with Crippen LogP contribution < -0.4 is 17.3 Å². The SMILES string of the molecule is CC1(C)c2ccc([nH]2)C2(C)CCCOC(=O)c3cccc(c3)C(=O)OCCCC(C)(c3ccc1[nH]3)c1ccc([nH]1)C(C)(C)c1ccc2[nH]1.CC[NH+](CC)CC.[Cl-]. The topological polar surface area (TPSA) is 120 Å². The van der Waals surface area contributed by atoms with Crippen LogP contribution in [-0.4, -0.2) is 64.7 Å². The van der Waals surface area contributed by atoms with Gasteiger partial charge >= 0.3 is 11.9 Å². The van der Waals surface area contributed by atoms with Gasteiger partial charge in [-0.15, -0.1) is 0 Å². The normalized spacial score (nSPS) is 21.9. The number of benzene rings is 1. The van der Waals surface area contributed by atoms with E-state index in [4.69, 9.17) is 9.47 Å². The molecule has 3 aliphatic rings. The lowest BCUT2D eigenvalue weighted by Crippen LogP contribution is -3.11.